The number of hydrogen-bond donors (Lipinski definition) is 2. The second kappa shape index (κ2) is 7.31. The van der Waals surface area contributed by atoms with Crippen LogP contribution in [0, 0.1) is 0 Å². The number of benzene rings is 1. The van der Waals surface area contributed by atoms with Crippen molar-refractivity contribution in [3.8, 4) is 0 Å². The van der Waals surface area contributed by atoms with Gasteiger partial charge in [0.15, 0.2) is 5.96 Å². The smallest absolute Gasteiger partial charge is 0.242 e. The Bertz CT molecular complexity index is 658. The Kier molecular flexibility index (Phi) is 5.64. The number of aliphatic imine (C=N–C) groups is 1. The first-order chi connectivity index (χ1) is 10.8. The van der Waals surface area contributed by atoms with Gasteiger partial charge in [-0.15, -0.1) is 0 Å². The number of nitrogens with one attached hydrogen (secondary N) is 2. The van der Waals surface area contributed by atoms with Crippen LogP contribution in [0.3, 0.4) is 0 Å². The predicted molar refractivity (Wildman–Crippen MR) is 92.9 cm³/mol. The van der Waals surface area contributed by atoms with Gasteiger partial charge in [0.1, 0.15) is 0 Å². The summed E-state index contributed by atoms with van der Waals surface area (Å²) in [5, 5.41) is 6.63. The first-order valence-corrected chi connectivity index (χ1v) is 9.32. The third-order valence-electron chi connectivity index (χ3n) is 3.48. The topological polar surface area (TPSA) is 73.8 Å². The standard InChI is InChI=1S/C16H26N4O2S/c1-12(2)18-16(19-14-9-10-14)17-11-13-7-5-6-8-15(13)23(21,22)20(3)4/h5-8,12,14H,9-11H2,1-4H3,(H2,17,18,19). The third kappa shape index (κ3) is 4.94. The Labute approximate surface area is 139 Å². The van der Waals surface area contributed by atoms with E-state index in [-0.39, 0.29) is 6.04 Å². The fraction of sp³-hybridized carbons (Fsp3) is 0.562. The molecule has 0 heterocycles. The van der Waals surface area contributed by atoms with Gasteiger partial charge in [-0.25, -0.2) is 17.7 Å². The lowest BCUT2D eigenvalue weighted by molar-refractivity contribution is 0.519. The summed E-state index contributed by atoms with van der Waals surface area (Å²) < 4.78 is 26.0. The molecule has 7 heteroatoms. The zero-order valence-corrected chi connectivity index (χ0v) is 15.0. The summed E-state index contributed by atoms with van der Waals surface area (Å²) in [7, 11) is -0.391. The van der Waals surface area contributed by atoms with Crippen LogP contribution in [0.5, 0.6) is 0 Å². The van der Waals surface area contributed by atoms with Crippen molar-refractivity contribution in [2.24, 2.45) is 4.99 Å². The van der Waals surface area contributed by atoms with Crippen LogP contribution in [-0.2, 0) is 16.6 Å². The van der Waals surface area contributed by atoms with E-state index in [0.29, 0.717) is 23.0 Å². The minimum atomic E-state index is -3.47. The second-order valence-corrected chi connectivity index (χ2v) is 8.40. The van der Waals surface area contributed by atoms with E-state index in [1.807, 2.05) is 12.1 Å². The molecule has 1 saturated carbocycles. The zero-order chi connectivity index (χ0) is 17.0. The van der Waals surface area contributed by atoms with Gasteiger partial charge < -0.3 is 10.6 Å². The van der Waals surface area contributed by atoms with E-state index in [2.05, 4.69) is 29.5 Å². The third-order valence-corrected chi connectivity index (χ3v) is 5.40. The first-order valence-electron chi connectivity index (χ1n) is 7.88. The van der Waals surface area contributed by atoms with Crippen LogP contribution in [-0.4, -0.2) is 44.9 Å². The number of rotatable bonds is 6. The molecule has 23 heavy (non-hydrogen) atoms. The average Bonchev–Trinajstić information content (AvgIpc) is 3.28. The molecule has 0 unspecified atom stereocenters. The van der Waals surface area contributed by atoms with Gasteiger partial charge in [-0.05, 0) is 38.3 Å². The van der Waals surface area contributed by atoms with Crippen LogP contribution >= 0.6 is 0 Å². The molecule has 0 atom stereocenters. The molecular formula is C16H26N4O2S. The van der Waals surface area contributed by atoms with Crippen LogP contribution in [0.4, 0.5) is 0 Å². The molecule has 0 aromatic heterocycles. The van der Waals surface area contributed by atoms with E-state index in [4.69, 9.17) is 0 Å². The maximum absolute atomic E-state index is 12.4. The summed E-state index contributed by atoms with van der Waals surface area (Å²) in [6, 6.07) is 7.76. The Morgan fingerprint density at radius 1 is 1.30 bits per heavy atom. The molecule has 1 aliphatic carbocycles. The van der Waals surface area contributed by atoms with Crippen LogP contribution in [0.15, 0.2) is 34.2 Å². The Morgan fingerprint density at radius 3 is 2.52 bits per heavy atom. The highest BCUT2D eigenvalue weighted by atomic mass is 32.2. The first kappa shape index (κ1) is 17.7. The number of nitrogens with zero attached hydrogens (tertiary/aromatic N) is 2. The largest absolute Gasteiger partial charge is 0.354 e. The van der Waals surface area contributed by atoms with E-state index >= 15 is 0 Å². The van der Waals surface area contributed by atoms with Crippen molar-refractivity contribution in [1.29, 1.82) is 0 Å². The van der Waals surface area contributed by atoms with Crippen LogP contribution in [0.25, 0.3) is 0 Å². The lowest BCUT2D eigenvalue weighted by atomic mass is 10.2. The van der Waals surface area contributed by atoms with Crippen LogP contribution < -0.4 is 10.6 Å². The number of sulfonamides is 1. The minimum absolute atomic E-state index is 0.265. The molecule has 1 aromatic rings. The summed E-state index contributed by atoms with van der Waals surface area (Å²) in [4.78, 5) is 4.87. The van der Waals surface area contributed by atoms with Crippen LogP contribution in [0.2, 0.25) is 0 Å². The van der Waals surface area contributed by atoms with Crippen molar-refractivity contribution in [2.45, 2.75) is 50.2 Å². The van der Waals surface area contributed by atoms with Gasteiger partial charge in [0.2, 0.25) is 10.0 Å². The van der Waals surface area contributed by atoms with Gasteiger partial charge in [0, 0.05) is 26.2 Å². The predicted octanol–water partition coefficient (Wildman–Crippen LogP) is 1.54. The van der Waals surface area contributed by atoms with E-state index < -0.39 is 10.0 Å². The molecule has 0 bridgehead atoms. The Balaban J connectivity index is 2.22. The molecule has 1 aliphatic rings. The molecular weight excluding hydrogens is 312 g/mol. The highest BCUT2D eigenvalue weighted by Gasteiger charge is 2.23. The number of hydrogen-bond acceptors (Lipinski definition) is 3. The van der Waals surface area contributed by atoms with Gasteiger partial charge in [-0.1, -0.05) is 18.2 Å². The molecule has 0 amide bonds. The molecule has 0 radical (unpaired) electrons. The highest BCUT2D eigenvalue weighted by Crippen LogP contribution is 2.20. The van der Waals surface area contributed by atoms with Crippen LogP contribution in [0.1, 0.15) is 32.3 Å². The minimum Gasteiger partial charge on any atom is -0.354 e. The van der Waals surface area contributed by atoms with Crippen molar-refractivity contribution < 1.29 is 8.42 Å². The average molecular weight is 338 g/mol. The Hall–Kier alpha value is -1.60. The van der Waals surface area contributed by atoms with E-state index in [9.17, 15) is 8.42 Å². The molecule has 0 spiro atoms. The van der Waals surface area contributed by atoms with E-state index in [1.165, 1.54) is 18.4 Å². The van der Waals surface area contributed by atoms with Gasteiger partial charge in [-0.2, -0.15) is 0 Å². The Morgan fingerprint density at radius 2 is 1.96 bits per heavy atom. The van der Waals surface area contributed by atoms with Crippen molar-refractivity contribution >= 4 is 16.0 Å². The second-order valence-electron chi connectivity index (χ2n) is 6.28. The lowest BCUT2D eigenvalue weighted by Gasteiger charge is -2.16. The zero-order valence-electron chi connectivity index (χ0n) is 14.2. The maximum Gasteiger partial charge on any atom is 0.242 e. The summed E-state index contributed by atoms with van der Waals surface area (Å²) in [5.74, 6) is 0.736. The maximum atomic E-state index is 12.4. The molecule has 128 valence electrons. The molecule has 2 N–H and O–H groups in total. The molecule has 1 fully saturated rings. The monoisotopic (exact) mass is 338 g/mol. The molecule has 0 saturated heterocycles. The molecule has 6 nitrogen and oxygen atoms in total. The molecule has 2 rings (SSSR count). The summed E-state index contributed by atoms with van der Waals surface area (Å²) in [6.45, 7) is 4.42. The fourth-order valence-corrected chi connectivity index (χ4v) is 3.18. The summed E-state index contributed by atoms with van der Waals surface area (Å²) in [5.41, 5.74) is 0.696. The summed E-state index contributed by atoms with van der Waals surface area (Å²) in [6.07, 6.45) is 2.31. The van der Waals surface area contributed by atoms with Crippen molar-refractivity contribution in [2.75, 3.05) is 14.1 Å². The molecule has 0 aliphatic heterocycles. The highest BCUT2D eigenvalue weighted by molar-refractivity contribution is 7.89. The van der Waals surface area contributed by atoms with E-state index in [0.717, 1.165) is 18.8 Å². The van der Waals surface area contributed by atoms with Crippen molar-refractivity contribution in [3.63, 3.8) is 0 Å². The van der Waals surface area contributed by atoms with Crippen molar-refractivity contribution in [3.05, 3.63) is 29.8 Å². The number of guanidine groups is 1. The van der Waals surface area contributed by atoms with Gasteiger partial charge in [-0.3, -0.25) is 0 Å². The fourth-order valence-electron chi connectivity index (χ4n) is 2.07. The SMILES string of the molecule is CC(C)NC(=NCc1ccccc1S(=O)(=O)N(C)C)NC1CC1. The van der Waals surface area contributed by atoms with Gasteiger partial charge in [0.25, 0.3) is 0 Å². The summed E-state index contributed by atoms with van der Waals surface area (Å²) >= 11 is 0. The lowest BCUT2D eigenvalue weighted by Crippen LogP contribution is -2.42. The quantitative estimate of drug-likeness (QED) is 0.610. The van der Waals surface area contributed by atoms with Gasteiger partial charge in [0.05, 0.1) is 11.4 Å². The van der Waals surface area contributed by atoms with Gasteiger partial charge >= 0.3 is 0 Å². The normalized spacial score (nSPS) is 16.0. The molecule has 1 aromatic carbocycles. The van der Waals surface area contributed by atoms with Crippen molar-refractivity contribution in [1.82, 2.24) is 14.9 Å². The van der Waals surface area contributed by atoms with E-state index in [1.54, 1.807) is 12.1 Å².